The third-order valence-corrected chi connectivity index (χ3v) is 3.20. The maximum absolute atomic E-state index is 13.4. The minimum atomic E-state index is -0.140. The number of halogens is 3. The van der Waals surface area contributed by atoms with Gasteiger partial charge in [-0.05, 0) is 24.6 Å². The van der Waals surface area contributed by atoms with E-state index in [4.69, 9.17) is 5.73 Å². The molecule has 1 aromatic rings. The minimum absolute atomic E-state index is 0. The summed E-state index contributed by atoms with van der Waals surface area (Å²) >= 11 is 3.35. The van der Waals surface area contributed by atoms with Crippen molar-refractivity contribution in [1.29, 1.82) is 0 Å². The lowest BCUT2D eigenvalue weighted by Gasteiger charge is -2.15. The number of hydrogen-bond acceptors (Lipinski definition) is 2. The standard InChI is InChI=1S/C11H14BrFN2.ClH/c12-9-1-2-11(13)8(5-9)6-15-4-3-10(14)7-15;/h1-2,5,10H,3-4,6-7,14H2;1H/t10-;/m1./s1. The molecule has 1 saturated heterocycles. The fourth-order valence-corrected chi connectivity index (χ4v) is 2.32. The zero-order chi connectivity index (χ0) is 10.8. The highest BCUT2D eigenvalue weighted by atomic mass is 79.9. The molecule has 1 aliphatic rings. The lowest BCUT2D eigenvalue weighted by atomic mass is 10.2. The summed E-state index contributed by atoms with van der Waals surface area (Å²) in [6.45, 7) is 2.48. The molecule has 0 spiro atoms. The Morgan fingerprint density at radius 1 is 1.50 bits per heavy atom. The number of likely N-dealkylation sites (tertiary alicyclic amines) is 1. The zero-order valence-electron chi connectivity index (χ0n) is 8.83. The summed E-state index contributed by atoms with van der Waals surface area (Å²) in [6.07, 6.45) is 1.01. The van der Waals surface area contributed by atoms with Crippen molar-refractivity contribution in [3.63, 3.8) is 0 Å². The molecule has 2 N–H and O–H groups in total. The Balaban J connectivity index is 0.00000128. The molecule has 1 heterocycles. The molecule has 90 valence electrons. The van der Waals surface area contributed by atoms with E-state index in [1.807, 2.05) is 6.07 Å². The normalized spacial score (nSPS) is 20.8. The molecule has 2 rings (SSSR count). The Bertz CT molecular complexity index is 362. The maximum Gasteiger partial charge on any atom is 0.127 e. The van der Waals surface area contributed by atoms with Crippen LogP contribution < -0.4 is 5.73 Å². The molecule has 1 fully saturated rings. The smallest absolute Gasteiger partial charge is 0.127 e. The molecule has 1 aliphatic heterocycles. The summed E-state index contributed by atoms with van der Waals surface area (Å²) in [4.78, 5) is 2.19. The first-order chi connectivity index (χ1) is 7.15. The molecule has 0 amide bonds. The molecular formula is C11H15BrClFN2. The SMILES string of the molecule is Cl.N[C@@H]1CCN(Cc2cc(Br)ccc2F)C1. The Kier molecular flexibility index (Phi) is 5.18. The Hall–Kier alpha value is -0.160. The van der Waals surface area contributed by atoms with Crippen molar-refractivity contribution in [3.05, 3.63) is 34.1 Å². The lowest BCUT2D eigenvalue weighted by molar-refractivity contribution is 0.321. The van der Waals surface area contributed by atoms with Gasteiger partial charge in [-0.3, -0.25) is 4.90 Å². The fourth-order valence-electron chi connectivity index (χ4n) is 1.91. The molecule has 16 heavy (non-hydrogen) atoms. The molecule has 0 aromatic heterocycles. The van der Waals surface area contributed by atoms with E-state index in [0.717, 1.165) is 29.5 Å². The van der Waals surface area contributed by atoms with Crippen LogP contribution in [-0.2, 0) is 6.54 Å². The Morgan fingerprint density at radius 3 is 2.88 bits per heavy atom. The monoisotopic (exact) mass is 308 g/mol. The second kappa shape index (κ2) is 5.96. The van der Waals surface area contributed by atoms with E-state index in [1.54, 1.807) is 6.07 Å². The van der Waals surface area contributed by atoms with Crippen molar-refractivity contribution < 1.29 is 4.39 Å². The van der Waals surface area contributed by atoms with E-state index in [-0.39, 0.29) is 24.3 Å². The number of rotatable bonds is 2. The number of hydrogen-bond donors (Lipinski definition) is 1. The molecule has 1 atom stereocenters. The van der Waals surface area contributed by atoms with Gasteiger partial charge in [-0.1, -0.05) is 15.9 Å². The number of benzene rings is 1. The summed E-state index contributed by atoms with van der Waals surface area (Å²) in [5, 5.41) is 0. The van der Waals surface area contributed by atoms with Gasteiger partial charge in [0.2, 0.25) is 0 Å². The molecule has 0 aliphatic carbocycles. The fraction of sp³-hybridized carbons (Fsp3) is 0.455. The first kappa shape index (κ1) is 13.9. The van der Waals surface area contributed by atoms with Gasteiger partial charge >= 0.3 is 0 Å². The van der Waals surface area contributed by atoms with Crippen LogP contribution in [0.2, 0.25) is 0 Å². The molecule has 0 unspecified atom stereocenters. The van der Waals surface area contributed by atoms with Crippen LogP contribution in [0.15, 0.2) is 22.7 Å². The molecule has 2 nitrogen and oxygen atoms in total. The molecule has 5 heteroatoms. The third kappa shape index (κ3) is 3.42. The van der Waals surface area contributed by atoms with E-state index in [0.29, 0.717) is 6.54 Å². The van der Waals surface area contributed by atoms with Crippen LogP contribution in [0.5, 0.6) is 0 Å². The Morgan fingerprint density at radius 2 is 2.25 bits per heavy atom. The van der Waals surface area contributed by atoms with Gasteiger partial charge in [-0.15, -0.1) is 12.4 Å². The third-order valence-electron chi connectivity index (χ3n) is 2.71. The van der Waals surface area contributed by atoms with Crippen molar-refractivity contribution in [2.75, 3.05) is 13.1 Å². The number of nitrogens with two attached hydrogens (primary N) is 1. The summed E-state index contributed by atoms with van der Waals surface area (Å²) < 4.78 is 14.4. The van der Waals surface area contributed by atoms with Gasteiger partial charge in [-0.25, -0.2) is 4.39 Å². The highest BCUT2D eigenvalue weighted by Crippen LogP contribution is 2.19. The lowest BCUT2D eigenvalue weighted by Crippen LogP contribution is -2.26. The van der Waals surface area contributed by atoms with Gasteiger partial charge in [0.15, 0.2) is 0 Å². The van der Waals surface area contributed by atoms with Crippen LogP contribution in [-0.4, -0.2) is 24.0 Å². The van der Waals surface area contributed by atoms with Gasteiger partial charge in [0, 0.05) is 35.7 Å². The van der Waals surface area contributed by atoms with Crippen molar-refractivity contribution in [2.45, 2.75) is 19.0 Å². The van der Waals surface area contributed by atoms with Crippen LogP contribution >= 0.6 is 28.3 Å². The summed E-state index contributed by atoms with van der Waals surface area (Å²) in [7, 11) is 0. The topological polar surface area (TPSA) is 29.3 Å². The largest absolute Gasteiger partial charge is 0.326 e. The van der Waals surface area contributed by atoms with E-state index in [1.165, 1.54) is 6.07 Å². The molecular weight excluding hydrogens is 294 g/mol. The first-order valence-electron chi connectivity index (χ1n) is 5.07. The van der Waals surface area contributed by atoms with Crippen LogP contribution in [0.1, 0.15) is 12.0 Å². The number of nitrogens with zero attached hydrogens (tertiary/aromatic N) is 1. The maximum atomic E-state index is 13.4. The van der Waals surface area contributed by atoms with E-state index < -0.39 is 0 Å². The van der Waals surface area contributed by atoms with Crippen molar-refractivity contribution in [2.24, 2.45) is 5.73 Å². The summed E-state index contributed by atoms with van der Waals surface area (Å²) in [5.74, 6) is -0.140. The van der Waals surface area contributed by atoms with Gasteiger partial charge in [0.05, 0.1) is 0 Å². The van der Waals surface area contributed by atoms with Crippen molar-refractivity contribution in [3.8, 4) is 0 Å². The van der Waals surface area contributed by atoms with Gasteiger partial charge in [0.1, 0.15) is 5.82 Å². The summed E-state index contributed by atoms with van der Waals surface area (Å²) in [5.41, 5.74) is 6.54. The second-order valence-corrected chi connectivity index (χ2v) is 4.94. The molecule has 0 bridgehead atoms. The van der Waals surface area contributed by atoms with E-state index in [9.17, 15) is 4.39 Å². The van der Waals surface area contributed by atoms with E-state index in [2.05, 4.69) is 20.8 Å². The average molecular weight is 310 g/mol. The molecule has 0 radical (unpaired) electrons. The van der Waals surface area contributed by atoms with Gasteiger partial charge in [-0.2, -0.15) is 0 Å². The molecule has 1 aromatic carbocycles. The van der Waals surface area contributed by atoms with Crippen LogP contribution in [0.4, 0.5) is 4.39 Å². The Labute approximate surface area is 110 Å². The second-order valence-electron chi connectivity index (χ2n) is 4.02. The predicted molar refractivity (Wildman–Crippen MR) is 69.2 cm³/mol. The van der Waals surface area contributed by atoms with E-state index >= 15 is 0 Å². The van der Waals surface area contributed by atoms with Crippen LogP contribution in [0.3, 0.4) is 0 Å². The van der Waals surface area contributed by atoms with Crippen molar-refractivity contribution in [1.82, 2.24) is 4.90 Å². The quantitative estimate of drug-likeness (QED) is 0.910. The summed E-state index contributed by atoms with van der Waals surface area (Å²) in [6, 6.07) is 5.29. The van der Waals surface area contributed by atoms with Crippen LogP contribution in [0, 0.1) is 5.82 Å². The minimum Gasteiger partial charge on any atom is -0.326 e. The predicted octanol–water partition coefficient (Wildman–Crippen LogP) is 2.54. The highest BCUT2D eigenvalue weighted by molar-refractivity contribution is 9.10. The first-order valence-corrected chi connectivity index (χ1v) is 5.86. The average Bonchev–Trinajstić information content (AvgIpc) is 2.58. The van der Waals surface area contributed by atoms with Crippen molar-refractivity contribution >= 4 is 28.3 Å². The zero-order valence-corrected chi connectivity index (χ0v) is 11.2. The van der Waals surface area contributed by atoms with Gasteiger partial charge < -0.3 is 5.73 Å². The molecule has 0 saturated carbocycles. The highest BCUT2D eigenvalue weighted by Gasteiger charge is 2.19. The van der Waals surface area contributed by atoms with Crippen LogP contribution in [0.25, 0.3) is 0 Å². The van der Waals surface area contributed by atoms with Gasteiger partial charge in [0.25, 0.3) is 0 Å².